The van der Waals surface area contributed by atoms with E-state index in [-0.39, 0.29) is 11.8 Å². The Morgan fingerprint density at radius 3 is 2.90 bits per heavy atom. The van der Waals surface area contributed by atoms with Crippen LogP contribution in [0.25, 0.3) is 10.9 Å². The summed E-state index contributed by atoms with van der Waals surface area (Å²) in [5, 5.41) is 3.88. The topological polar surface area (TPSA) is 92.6 Å². The van der Waals surface area contributed by atoms with Crippen molar-refractivity contribution < 1.29 is 14.3 Å². The largest absolute Gasteiger partial charge is 0.504 e. The molecule has 30 heavy (non-hydrogen) atoms. The Balaban J connectivity index is 1.82. The number of nitrogens with two attached hydrogens (primary N) is 1. The zero-order chi connectivity index (χ0) is 21.5. The molecule has 1 aromatic carbocycles. The van der Waals surface area contributed by atoms with Crippen LogP contribution in [0.1, 0.15) is 31.0 Å². The first-order valence-electron chi connectivity index (χ1n) is 10.6. The zero-order valence-electron chi connectivity index (χ0n) is 18.2. The highest BCUT2D eigenvalue weighted by Crippen LogP contribution is 2.48. The van der Waals surface area contributed by atoms with Gasteiger partial charge in [-0.1, -0.05) is 19.4 Å². The van der Waals surface area contributed by atoms with E-state index in [1.54, 1.807) is 27.5 Å². The summed E-state index contributed by atoms with van der Waals surface area (Å²) >= 11 is 0. The number of hydrogen-bond acceptors (Lipinski definition) is 5. The molecule has 2 aliphatic rings. The maximum absolute atomic E-state index is 12.7. The highest BCUT2D eigenvalue weighted by Gasteiger charge is 2.50. The van der Waals surface area contributed by atoms with Gasteiger partial charge in [-0.05, 0) is 42.4 Å². The zero-order valence-corrected chi connectivity index (χ0v) is 18.2. The van der Waals surface area contributed by atoms with Gasteiger partial charge in [0.25, 0.3) is 0 Å². The lowest BCUT2D eigenvalue weighted by Gasteiger charge is -2.52. The number of piperidine rings is 1. The molecule has 2 aromatic rings. The lowest BCUT2D eigenvalue weighted by Crippen LogP contribution is -2.63. The van der Waals surface area contributed by atoms with Crippen molar-refractivity contribution >= 4 is 16.8 Å². The Morgan fingerprint density at radius 2 is 2.23 bits per heavy atom. The second-order valence-electron chi connectivity index (χ2n) is 8.35. The van der Waals surface area contributed by atoms with E-state index in [2.05, 4.69) is 28.2 Å². The maximum atomic E-state index is 12.7. The fraction of sp³-hybridized carbons (Fsp3) is 0.522. The minimum Gasteiger partial charge on any atom is -0.504 e. The lowest BCUT2D eigenvalue weighted by molar-refractivity contribution is -0.118. The predicted molar refractivity (Wildman–Crippen MR) is 117 cm³/mol. The van der Waals surface area contributed by atoms with Gasteiger partial charge in [0, 0.05) is 31.0 Å². The first-order chi connectivity index (χ1) is 14.5. The van der Waals surface area contributed by atoms with Crippen LogP contribution in [0.3, 0.4) is 0 Å². The van der Waals surface area contributed by atoms with Crippen LogP contribution in [0.15, 0.2) is 30.0 Å². The van der Waals surface area contributed by atoms with Gasteiger partial charge in [-0.2, -0.15) is 0 Å². The van der Waals surface area contributed by atoms with Crippen LogP contribution < -0.4 is 15.8 Å². The summed E-state index contributed by atoms with van der Waals surface area (Å²) in [5.74, 6) is 1.11. The van der Waals surface area contributed by atoms with Gasteiger partial charge in [0.1, 0.15) is 11.4 Å². The number of nitrogens with zero attached hydrogens (tertiary/aromatic N) is 1. The number of rotatable bonds is 5. The number of H-pyrrole nitrogens is 1. The molecule has 1 saturated heterocycles. The summed E-state index contributed by atoms with van der Waals surface area (Å²) in [7, 11) is 4.94. The number of nitrogens with one attached hydrogen (secondary N) is 2. The summed E-state index contributed by atoms with van der Waals surface area (Å²) in [5.41, 5.74) is 10.5. The summed E-state index contributed by atoms with van der Waals surface area (Å²) in [6, 6.07) is 6.06. The van der Waals surface area contributed by atoms with Crippen LogP contribution in [0, 0.1) is 11.8 Å². The molecule has 7 nitrogen and oxygen atoms in total. The van der Waals surface area contributed by atoms with Gasteiger partial charge in [0.2, 0.25) is 5.91 Å². The van der Waals surface area contributed by atoms with Crippen LogP contribution in [-0.2, 0) is 21.6 Å². The van der Waals surface area contributed by atoms with E-state index in [9.17, 15) is 4.79 Å². The molecule has 1 aromatic heterocycles. The van der Waals surface area contributed by atoms with Crippen molar-refractivity contribution in [2.75, 3.05) is 34.4 Å². The monoisotopic (exact) mass is 412 g/mol. The molecular weight excluding hydrogens is 380 g/mol. The average molecular weight is 413 g/mol. The summed E-state index contributed by atoms with van der Waals surface area (Å²) in [6.07, 6.45) is 4.13. The molecule has 0 bridgehead atoms. The molecule has 2 aliphatic heterocycles. The van der Waals surface area contributed by atoms with Gasteiger partial charge < -0.3 is 25.5 Å². The number of fused-ring (bicyclic) bond motifs is 5. The Labute approximate surface area is 177 Å². The maximum Gasteiger partial charge on any atom is 0.250 e. The standard InChI is InChI=1S/C23H32N4O3/c1-5-14-12-27-10-9-15-20-18(7-6-8-19(20)30-4)26-21(15)23(27,24)11-16(14)17(13-29-3)22(28)25-2/h6-8,13-14,16,26H,5,9-12,24H2,1-4H3,(H,25,28)/b17-13+/t14-,16-,23-/m0/s1. The van der Waals surface area contributed by atoms with E-state index in [4.69, 9.17) is 15.2 Å². The fourth-order valence-electron chi connectivity index (χ4n) is 5.43. The van der Waals surface area contributed by atoms with Gasteiger partial charge in [0.15, 0.2) is 0 Å². The van der Waals surface area contributed by atoms with Gasteiger partial charge in [-0.15, -0.1) is 0 Å². The summed E-state index contributed by atoms with van der Waals surface area (Å²) in [6.45, 7) is 3.92. The molecule has 162 valence electrons. The van der Waals surface area contributed by atoms with Crippen LogP contribution >= 0.6 is 0 Å². The number of aromatic nitrogens is 1. The van der Waals surface area contributed by atoms with Crippen molar-refractivity contribution in [3.63, 3.8) is 0 Å². The van der Waals surface area contributed by atoms with E-state index in [0.29, 0.717) is 17.9 Å². The number of carbonyl (C=O) groups is 1. The molecule has 4 rings (SSSR count). The Morgan fingerprint density at radius 1 is 1.43 bits per heavy atom. The van der Waals surface area contributed by atoms with Crippen molar-refractivity contribution in [2.45, 2.75) is 31.8 Å². The van der Waals surface area contributed by atoms with Gasteiger partial charge >= 0.3 is 0 Å². The minimum absolute atomic E-state index is 0.00964. The number of ether oxygens (including phenoxy) is 2. The third-order valence-electron chi connectivity index (χ3n) is 6.95. The van der Waals surface area contributed by atoms with Gasteiger partial charge in [0.05, 0.1) is 31.7 Å². The third-order valence-corrected chi connectivity index (χ3v) is 6.95. The highest BCUT2D eigenvalue weighted by molar-refractivity contribution is 5.94. The molecule has 4 N–H and O–H groups in total. The van der Waals surface area contributed by atoms with Crippen LogP contribution in [-0.4, -0.2) is 50.1 Å². The third kappa shape index (κ3) is 3.08. The molecule has 0 radical (unpaired) electrons. The summed E-state index contributed by atoms with van der Waals surface area (Å²) < 4.78 is 10.9. The Kier molecular flexibility index (Phi) is 5.51. The van der Waals surface area contributed by atoms with Crippen LogP contribution in [0.2, 0.25) is 0 Å². The van der Waals surface area contributed by atoms with Crippen molar-refractivity contribution in [3.8, 4) is 5.75 Å². The molecule has 0 saturated carbocycles. The number of amides is 1. The SMILES string of the molecule is CC[C@H]1CN2CCc3c([nH]c4cccc(OC)c34)[C@]2(N)C[C@@H]1/C(=C\OC)C(=O)NC. The molecule has 0 aliphatic carbocycles. The smallest absolute Gasteiger partial charge is 0.250 e. The minimum atomic E-state index is -0.672. The van der Waals surface area contributed by atoms with E-state index < -0.39 is 5.66 Å². The number of benzene rings is 1. The molecule has 1 fully saturated rings. The van der Waals surface area contributed by atoms with Crippen molar-refractivity contribution in [2.24, 2.45) is 17.6 Å². The molecule has 0 spiro atoms. The number of aromatic amines is 1. The Bertz CT molecular complexity index is 982. The van der Waals surface area contributed by atoms with Crippen LogP contribution in [0.4, 0.5) is 0 Å². The summed E-state index contributed by atoms with van der Waals surface area (Å²) in [4.78, 5) is 18.6. The normalized spacial score (nSPS) is 26.8. The Hall–Kier alpha value is -2.51. The number of hydrogen-bond donors (Lipinski definition) is 3. The number of carbonyl (C=O) groups excluding carboxylic acids is 1. The fourth-order valence-corrected chi connectivity index (χ4v) is 5.43. The number of likely N-dealkylation sites (N-methyl/N-ethyl adjacent to an activating group) is 1. The quantitative estimate of drug-likeness (QED) is 0.518. The molecule has 1 amide bonds. The second kappa shape index (κ2) is 7.96. The molecule has 0 unspecified atom stereocenters. The van der Waals surface area contributed by atoms with E-state index in [0.717, 1.165) is 48.3 Å². The van der Waals surface area contributed by atoms with E-state index in [1.165, 1.54) is 5.56 Å². The van der Waals surface area contributed by atoms with Crippen molar-refractivity contribution in [1.82, 2.24) is 15.2 Å². The molecular formula is C23H32N4O3. The molecule has 7 heteroatoms. The first kappa shape index (κ1) is 20.8. The van der Waals surface area contributed by atoms with E-state index in [1.807, 2.05) is 12.1 Å². The van der Waals surface area contributed by atoms with Gasteiger partial charge in [-0.3, -0.25) is 9.69 Å². The highest BCUT2D eigenvalue weighted by atomic mass is 16.5. The average Bonchev–Trinajstić information content (AvgIpc) is 3.16. The van der Waals surface area contributed by atoms with Crippen molar-refractivity contribution in [1.29, 1.82) is 0 Å². The van der Waals surface area contributed by atoms with E-state index >= 15 is 0 Å². The first-order valence-corrected chi connectivity index (χ1v) is 10.6. The molecule has 3 atom stereocenters. The van der Waals surface area contributed by atoms with Crippen LogP contribution in [0.5, 0.6) is 5.75 Å². The van der Waals surface area contributed by atoms with Gasteiger partial charge in [-0.25, -0.2) is 0 Å². The molecule has 3 heterocycles. The second-order valence-corrected chi connectivity index (χ2v) is 8.35. The van der Waals surface area contributed by atoms with Crippen molar-refractivity contribution in [3.05, 3.63) is 41.3 Å². The predicted octanol–water partition coefficient (Wildman–Crippen LogP) is 2.47. The lowest BCUT2D eigenvalue weighted by atomic mass is 9.71. The number of methoxy groups -OCH3 is 2.